The first kappa shape index (κ1) is 13.2. The molecule has 2 aromatic heterocycles. The zero-order valence-electron chi connectivity index (χ0n) is 13.0. The van der Waals surface area contributed by atoms with Crippen molar-refractivity contribution in [2.75, 3.05) is 0 Å². The summed E-state index contributed by atoms with van der Waals surface area (Å²) in [5, 5.41) is 4.68. The van der Waals surface area contributed by atoms with Crippen LogP contribution in [0, 0.1) is 0 Å². The van der Waals surface area contributed by atoms with Crippen LogP contribution in [0.4, 0.5) is 0 Å². The summed E-state index contributed by atoms with van der Waals surface area (Å²) in [5.74, 6) is 0. The topological polar surface area (TPSA) is 25.8 Å². The second-order valence-corrected chi connectivity index (χ2v) is 5.91. The molecule has 0 fully saturated rings. The van der Waals surface area contributed by atoms with Gasteiger partial charge in [-0.3, -0.25) is 0 Å². The van der Waals surface area contributed by atoms with Crippen molar-refractivity contribution in [3.63, 3.8) is 0 Å². The van der Waals surface area contributed by atoms with Gasteiger partial charge in [0.05, 0.1) is 22.4 Å². The van der Waals surface area contributed by atoms with E-state index in [0.29, 0.717) is 0 Å². The molecule has 0 spiro atoms. The maximum absolute atomic E-state index is 4.92. The van der Waals surface area contributed by atoms with E-state index in [1.54, 1.807) is 0 Å². The Kier molecular flexibility index (Phi) is 2.83. The van der Waals surface area contributed by atoms with Crippen molar-refractivity contribution in [3.05, 3.63) is 84.9 Å². The number of benzene rings is 3. The van der Waals surface area contributed by atoms with Gasteiger partial charge in [-0.25, -0.2) is 9.97 Å². The van der Waals surface area contributed by atoms with Gasteiger partial charge in [-0.1, -0.05) is 66.7 Å². The zero-order valence-corrected chi connectivity index (χ0v) is 13.0. The van der Waals surface area contributed by atoms with Crippen LogP contribution in [0.2, 0.25) is 0 Å². The Morgan fingerprint density at radius 1 is 0.458 bits per heavy atom. The first-order valence-corrected chi connectivity index (χ1v) is 8.04. The third-order valence-electron chi connectivity index (χ3n) is 4.45. The minimum Gasteiger partial charge on any atom is -0.246 e. The Balaban J connectivity index is 1.89. The predicted molar refractivity (Wildman–Crippen MR) is 100.0 cm³/mol. The molecule has 2 heterocycles. The third kappa shape index (κ3) is 1.97. The molecule has 0 atom stereocenters. The molecule has 3 aromatic carbocycles. The molecule has 2 heteroatoms. The number of rotatable bonds is 1. The molecule has 0 aliphatic carbocycles. The first-order valence-electron chi connectivity index (χ1n) is 8.04. The molecule has 5 rings (SSSR count). The third-order valence-corrected chi connectivity index (χ3v) is 4.45. The Bertz CT molecular complexity index is 1210. The monoisotopic (exact) mass is 306 g/mol. The summed E-state index contributed by atoms with van der Waals surface area (Å²) in [4.78, 5) is 9.76. The molecular formula is C22H14N2. The van der Waals surface area contributed by atoms with Gasteiger partial charge in [0.15, 0.2) is 0 Å². The normalized spacial score (nSPS) is 11.3. The van der Waals surface area contributed by atoms with E-state index in [1.165, 1.54) is 10.8 Å². The highest BCUT2D eigenvalue weighted by molar-refractivity contribution is 6.10. The molecule has 0 N–H and O–H groups in total. The minimum absolute atomic E-state index is 0.913. The van der Waals surface area contributed by atoms with E-state index in [1.807, 2.05) is 24.3 Å². The number of pyridine rings is 2. The highest BCUT2D eigenvalue weighted by atomic mass is 14.8. The molecule has 0 saturated heterocycles. The molecule has 5 aromatic rings. The number of aromatic nitrogens is 2. The second-order valence-electron chi connectivity index (χ2n) is 5.91. The number of hydrogen-bond donors (Lipinski definition) is 0. The average molecular weight is 306 g/mol. The molecule has 0 aliphatic heterocycles. The van der Waals surface area contributed by atoms with Crippen molar-refractivity contribution >= 4 is 32.6 Å². The maximum Gasteiger partial charge on any atom is 0.0972 e. The van der Waals surface area contributed by atoms with Crippen molar-refractivity contribution in [3.8, 4) is 11.4 Å². The van der Waals surface area contributed by atoms with E-state index in [0.717, 1.165) is 33.2 Å². The summed E-state index contributed by atoms with van der Waals surface area (Å²) in [6, 6.07) is 29.1. The van der Waals surface area contributed by atoms with Crippen molar-refractivity contribution in [1.29, 1.82) is 0 Å². The van der Waals surface area contributed by atoms with Gasteiger partial charge in [0, 0.05) is 16.2 Å². The van der Waals surface area contributed by atoms with E-state index in [9.17, 15) is 0 Å². The van der Waals surface area contributed by atoms with Gasteiger partial charge in [-0.2, -0.15) is 0 Å². The molecule has 0 bridgehead atoms. The number of hydrogen-bond acceptors (Lipinski definition) is 2. The average Bonchev–Trinajstić information content (AvgIpc) is 2.67. The minimum atomic E-state index is 0.913. The molecule has 112 valence electrons. The number of fused-ring (bicyclic) bond motifs is 4. The van der Waals surface area contributed by atoms with Crippen LogP contribution >= 0.6 is 0 Å². The van der Waals surface area contributed by atoms with Crippen LogP contribution in [0.3, 0.4) is 0 Å². The lowest BCUT2D eigenvalue weighted by atomic mass is 10.0. The van der Waals surface area contributed by atoms with Crippen molar-refractivity contribution in [2.45, 2.75) is 0 Å². The Morgan fingerprint density at radius 2 is 1.12 bits per heavy atom. The van der Waals surface area contributed by atoms with E-state index in [2.05, 4.69) is 60.7 Å². The fourth-order valence-corrected chi connectivity index (χ4v) is 3.30. The summed E-state index contributed by atoms with van der Waals surface area (Å²) in [7, 11) is 0. The lowest BCUT2D eigenvalue weighted by molar-refractivity contribution is 1.34. The van der Waals surface area contributed by atoms with Gasteiger partial charge in [-0.05, 0) is 23.6 Å². The fourth-order valence-electron chi connectivity index (χ4n) is 3.30. The van der Waals surface area contributed by atoms with E-state index < -0.39 is 0 Å². The van der Waals surface area contributed by atoms with Crippen LogP contribution in [0.5, 0.6) is 0 Å². The van der Waals surface area contributed by atoms with Crippen LogP contribution in [0.1, 0.15) is 0 Å². The van der Waals surface area contributed by atoms with Crippen LogP contribution in [0.25, 0.3) is 44.0 Å². The Labute approximate surface area is 139 Å². The van der Waals surface area contributed by atoms with Crippen molar-refractivity contribution < 1.29 is 0 Å². The second kappa shape index (κ2) is 5.14. The zero-order chi connectivity index (χ0) is 15.9. The molecule has 0 saturated carbocycles. The van der Waals surface area contributed by atoms with E-state index in [4.69, 9.17) is 9.97 Å². The summed E-state index contributed by atoms with van der Waals surface area (Å²) in [6.07, 6.45) is 0. The summed E-state index contributed by atoms with van der Waals surface area (Å²) < 4.78 is 0. The van der Waals surface area contributed by atoms with Gasteiger partial charge in [-0.15, -0.1) is 0 Å². The largest absolute Gasteiger partial charge is 0.246 e. The van der Waals surface area contributed by atoms with Crippen LogP contribution < -0.4 is 0 Å². The quantitative estimate of drug-likeness (QED) is 0.376. The maximum atomic E-state index is 4.92. The lowest BCUT2D eigenvalue weighted by Gasteiger charge is -2.10. The summed E-state index contributed by atoms with van der Waals surface area (Å²) in [6.45, 7) is 0. The molecule has 0 radical (unpaired) electrons. The fraction of sp³-hybridized carbons (Fsp3) is 0. The first-order chi connectivity index (χ1) is 11.9. The SMILES string of the molecule is c1ccc2nc(-c3nc4ccccc4c4ccccc34)ccc2c1. The van der Waals surface area contributed by atoms with Gasteiger partial charge >= 0.3 is 0 Å². The summed E-state index contributed by atoms with van der Waals surface area (Å²) >= 11 is 0. The summed E-state index contributed by atoms with van der Waals surface area (Å²) in [5.41, 5.74) is 3.85. The molecular weight excluding hydrogens is 292 g/mol. The van der Waals surface area contributed by atoms with Crippen LogP contribution in [-0.2, 0) is 0 Å². The highest BCUT2D eigenvalue weighted by Crippen LogP contribution is 2.32. The van der Waals surface area contributed by atoms with Crippen LogP contribution in [0.15, 0.2) is 84.9 Å². The molecule has 0 amide bonds. The number of para-hydroxylation sites is 2. The molecule has 24 heavy (non-hydrogen) atoms. The molecule has 0 unspecified atom stereocenters. The molecule has 2 nitrogen and oxygen atoms in total. The van der Waals surface area contributed by atoms with Gasteiger partial charge < -0.3 is 0 Å². The smallest absolute Gasteiger partial charge is 0.0972 e. The van der Waals surface area contributed by atoms with Crippen molar-refractivity contribution in [1.82, 2.24) is 9.97 Å². The van der Waals surface area contributed by atoms with E-state index >= 15 is 0 Å². The predicted octanol–water partition coefficient (Wildman–Crippen LogP) is 5.60. The van der Waals surface area contributed by atoms with Crippen molar-refractivity contribution in [2.24, 2.45) is 0 Å². The highest BCUT2D eigenvalue weighted by Gasteiger charge is 2.11. The lowest BCUT2D eigenvalue weighted by Crippen LogP contribution is -1.92. The standard InChI is InChI=1S/C22H14N2/c1-5-11-19-15(7-1)13-14-21(23-19)22-18-10-3-2-8-16(18)17-9-4-6-12-20(17)24-22/h1-14H. The van der Waals surface area contributed by atoms with Gasteiger partial charge in [0.2, 0.25) is 0 Å². The van der Waals surface area contributed by atoms with E-state index in [-0.39, 0.29) is 0 Å². The number of nitrogens with zero attached hydrogens (tertiary/aromatic N) is 2. The van der Waals surface area contributed by atoms with Crippen LogP contribution in [-0.4, -0.2) is 9.97 Å². The molecule has 0 aliphatic rings. The van der Waals surface area contributed by atoms with Gasteiger partial charge in [0.25, 0.3) is 0 Å². The van der Waals surface area contributed by atoms with Gasteiger partial charge in [0.1, 0.15) is 0 Å². The Morgan fingerprint density at radius 3 is 2.00 bits per heavy atom. The Hall–Kier alpha value is -3.26.